The van der Waals surface area contributed by atoms with Gasteiger partial charge in [-0.05, 0) is 31.6 Å². The van der Waals surface area contributed by atoms with E-state index in [4.69, 9.17) is 4.74 Å². The number of unbranched alkanes of at least 4 members (excludes halogenated alkanes) is 3. The molecule has 1 N–H and O–H groups in total. The number of hydrogen-bond acceptors (Lipinski definition) is 3. The van der Waals surface area contributed by atoms with Gasteiger partial charge in [0.2, 0.25) is 0 Å². The van der Waals surface area contributed by atoms with E-state index in [1.54, 1.807) is 0 Å². The molecule has 0 aliphatic carbocycles. The van der Waals surface area contributed by atoms with Crippen LogP contribution in [-0.4, -0.2) is 23.3 Å². The minimum absolute atomic E-state index is 0.0295. The number of rotatable bonds is 12. The van der Waals surface area contributed by atoms with E-state index in [2.05, 4.69) is 27.7 Å². The molecule has 0 heterocycles. The minimum atomic E-state index is -0.361. The summed E-state index contributed by atoms with van der Waals surface area (Å²) in [5.74, 6) is 0.205. The van der Waals surface area contributed by atoms with E-state index in [9.17, 15) is 9.90 Å². The van der Waals surface area contributed by atoms with Gasteiger partial charge in [-0.1, -0.05) is 53.4 Å². The average Bonchev–Trinajstić information content (AvgIpc) is 2.41. The van der Waals surface area contributed by atoms with Gasteiger partial charge >= 0.3 is 5.97 Å². The van der Waals surface area contributed by atoms with Crippen LogP contribution >= 0.6 is 0 Å². The van der Waals surface area contributed by atoms with Crippen LogP contribution in [0.25, 0.3) is 0 Å². The predicted molar refractivity (Wildman–Crippen MR) is 83.6 cm³/mol. The molecule has 0 amide bonds. The van der Waals surface area contributed by atoms with Gasteiger partial charge in [0.25, 0.3) is 0 Å². The van der Waals surface area contributed by atoms with Crippen LogP contribution in [0.5, 0.6) is 0 Å². The van der Waals surface area contributed by atoms with Crippen LogP contribution in [0.2, 0.25) is 0 Å². The lowest BCUT2D eigenvalue weighted by Crippen LogP contribution is -2.24. The molecular formula is C17H34O3. The highest BCUT2D eigenvalue weighted by atomic mass is 16.5. The SMILES string of the molecule is CCCCCC(OC(=O)CCC(O)CCCC)C(C)C. The van der Waals surface area contributed by atoms with E-state index in [1.165, 1.54) is 12.8 Å². The van der Waals surface area contributed by atoms with Crippen molar-refractivity contribution in [3.05, 3.63) is 0 Å². The Hall–Kier alpha value is -0.570. The lowest BCUT2D eigenvalue weighted by Gasteiger charge is -2.21. The second-order valence-corrected chi connectivity index (χ2v) is 6.10. The van der Waals surface area contributed by atoms with E-state index in [-0.39, 0.29) is 18.2 Å². The Labute approximate surface area is 125 Å². The van der Waals surface area contributed by atoms with Gasteiger partial charge < -0.3 is 9.84 Å². The van der Waals surface area contributed by atoms with Crippen molar-refractivity contribution >= 4 is 5.97 Å². The number of hydrogen-bond donors (Lipinski definition) is 1. The van der Waals surface area contributed by atoms with E-state index in [0.29, 0.717) is 18.8 Å². The summed E-state index contributed by atoms with van der Waals surface area (Å²) in [5.41, 5.74) is 0. The van der Waals surface area contributed by atoms with Gasteiger partial charge in [-0.25, -0.2) is 0 Å². The van der Waals surface area contributed by atoms with Crippen LogP contribution in [0.15, 0.2) is 0 Å². The largest absolute Gasteiger partial charge is 0.462 e. The second-order valence-electron chi connectivity index (χ2n) is 6.10. The lowest BCUT2D eigenvalue weighted by atomic mass is 10.0. The first-order valence-electron chi connectivity index (χ1n) is 8.38. The van der Waals surface area contributed by atoms with Crippen molar-refractivity contribution in [2.45, 2.75) is 97.7 Å². The Balaban J connectivity index is 3.94. The van der Waals surface area contributed by atoms with E-state index < -0.39 is 0 Å². The number of aliphatic hydroxyl groups excluding tert-OH is 1. The average molecular weight is 286 g/mol. The van der Waals surface area contributed by atoms with Gasteiger partial charge in [0.1, 0.15) is 6.10 Å². The first kappa shape index (κ1) is 19.4. The first-order valence-corrected chi connectivity index (χ1v) is 8.38. The molecule has 0 aliphatic rings. The van der Waals surface area contributed by atoms with Crippen molar-refractivity contribution in [3.63, 3.8) is 0 Å². The zero-order valence-electron chi connectivity index (χ0n) is 13.9. The number of carbonyl (C=O) groups is 1. The Kier molecular flexibility index (Phi) is 11.8. The fourth-order valence-electron chi connectivity index (χ4n) is 2.22. The molecule has 0 rings (SSSR count). The van der Waals surface area contributed by atoms with Gasteiger partial charge in [-0.3, -0.25) is 4.79 Å². The molecule has 0 radical (unpaired) electrons. The highest BCUT2D eigenvalue weighted by molar-refractivity contribution is 5.69. The quantitative estimate of drug-likeness (QED) is 0.425. The third-order valence-electron chi connectivity index (χ3n) is 3.69. The number of esters is 1. The maximum atomic E-state index is 11.8. The van der Waals surface area contributed by atoms with Gasteiger partial charge in [0.15, 0.2) is 0 Å². The van der Waals surface area contributed by atoms with Crippen molar-refractivity contribution < 1.29 is 14.6 Å². The third kappa shape index (κ3) is 10.2. The summed E-state index contributed by atoms with van der Waals surface area (Å²) in [7, 11) is 0. The smallest absolute Gasteiger partial charge is 0.306 e. The molecule has 0 aromatic rings. The molecule has 0 aromatic carbocycles. The molecule has 0 fully saturated rings. The summed E-state index contributed by atoms with van der Waals surface area (Å²) in [6.07, 6.45) is 7.85. The molecule has 0 aliphatic heterocycles. The van der Waals surface area contributed by atoms with Crippen molar-refractivity contribution in [2.24, 2.45) is 5.92 Å². The van der Waals surface area contributed by atoms with Gasteiger partial charge in [-0.15, -0.1) is 0 Å². The number of carbonyl (C=O) groups excluding carboxylic acids is 1. The zero-order chi connectivity index (χ0) is 15.4. The topological polar surface area (TPSA) is 46.5 Å². The summed E-state index contributed by atoms with van der Waals surface area (Å²) in [6.45, 7) is 8.47. The Morgan fingerprint density at radius 1 is 1.00 bits per heavy atom. The Morgan fingerprint density at radius 2 is 1.65 bits per heavy atom. The van der Waals surface area contributed by atoms with Crippen LogP contribution in [0.4, 0.5) is 0 Å². The van der Waals surface area contributed by atoms with Crippen molar-refractivity contribution in [3.8, 4) is 0 Å². The van der Waals surface area contributed by atoms with Crippen LogP contribution in [0.3, 0.4) is 0 Å². The van der Waals surface area contributed by atoms with Gasteiger partial charge in [0.05, 0.1) is 6.10 Å². The first-order chi connectivity index (χ1) is 9.51. The highest BCUT2D eigenvalue weighted by Crippen LogP contribution is 2.17. The molecule has 2 unspecified atom stereocenters. The molecule has 0 saturated carbocycles. The minimum Gasteiger partial charge on any atom is -0.462 e. The monoisotopic (exact) mass is 286 g/mol. The molecule has 0 aromatic heterocycles. The summed E-state index contributed by atoms with van der Waals surface area (Å²) in [4.78, 5) is 11.8. The summed E-state index contributed by atoms with van der Waals surface area (Å²) >= 11 is 0. The molecule has 20 heavy (non-hydrogen) atoms. The predicted octanol–water partition coefficient (Wildman–Crippen LogP) is 4.47. The summed E-state index contributed by atoms with van der Waals surface area (Å²) in [6, 6.07) is 0. The van der Waals surface area contributed by atoms with E-state index in [0.717, 1.165) is 32.1 Å². The van der Waals surface area contributed by atoms with Crippen molar-refractivity contribution in [1.82, 2.24) is 0 Å². The van der Waals surface area contributed by atoms with E-state index in [1.807, 2.05) is 0 Å². The third-order valence-corrected chi connectivity index (χ3v) is 3.69. The number of ether oxygens (including phenoxy) is 1. The molecule has 3 nitrogen and oxygen atoms in total. The van der Waals surface area contributed by atoms with Crippen LogP contribution in [-0.2, 0) is 9.53 Å². The van der Waals surface area contributed by atoms with Crippen LogP contribution < -0.4 is 0 Å². The Bertz CT molecular complexity index is 238. The normalized spacial score (nSPS) is 14.3. The summed E-state index contributed by atoms with van der Waals surface area (Å²) in [5, 5.41) is 9.74. The molecule has 0 bridgehead atoms. The van der Waals surface area contributed by atoms with Gasteiger partial charge in [-0.2, -0.15) is 0 Å². The van der Waals surface area contributed by atoms with Crippen LogP contribution in [0.1, 0.15) is 85.5 Å². The van der Waals surface area contributed by atoms with Gasteiger partial charge in [0, 0.05) is 6.42 Å². The number of aliphatic hydroxyl groups is 1. The molecular weight excluding hydrogens is 252 g/mol. The van der Waals surface area contributed by atoms with Crippen molar-refractivity contribution in [1.29, 1.82) is 0 Å². The van der Waals surface area contributed by atoms with Crippen LogP contribution in [0, 0.1) is 5.92 Å². The molecule has 2 atom stereocenters. The summed E-state index contributed by atoms with van der Waals surface area (Å²) < 4.78 is 5.56. The maximum absolute atomic E-state index is 11.8. The molecule has 0 spiro atoms. The molecule has 0 saturated heterocycles. The zero-order valence-corrected chi connectivity index (χ0v) is 13.9. The standard InChI is InChI=1S/C17H34O3/c1-5-7-9-11-16(14(3)4)20-17(19)13-12-15(18)10-8-6-2/h14-16,18H,5-13H2,1-4H3. The maximum Gasteiger partial charge on any atom is 0.306 e. The highest BCUT2D eigenvalue weighted by Gasteiger charge is 2.18. The fraction of sp³-hybridized carbons (Fsp3) is 0.941. The van der Waals surface area contributed by atoms with E-state index >= 15 is 0 Å². The second kappa shape index (κ2) is 12.2. The lowest BCUT2D eigenvalue weighted by molar-refractivity contribution is -0.152. The Morgan fingerprint density at radius 3 is 2.20 bits per heavy atom. The molecule has 3 heteroatoms. The molecule has 120 valence electrons. The fourth-order valence-corrected chi connectivity index (χ4v) is 2.22. The van der Waals surface area contributed by atoms with Crippen molar-refractivity contribution in [2.75, 3.05) is 0 Å².